The molecule has 0 aromatic heterocycles. The molecule has 2 aliphatic heterocycles. The Kier molecular flexibility index (Phi) is 4.77. The number of carbonyl (C=O) groups is 1. The van der Waals surface area contributed by atoms with Crippen LogP contribution in [-0.2, 0) is 4.79 Å². The van der Waals surface area contributed by atoms with Crippen LogP contribution >= 0.6 is 11.6 Å². The Labute approximate surface area is 162 Å². The molecule has 2 aromatic carbocycles. The number of benzene rings is 2. The van der Waals surface area contributed by atoms with Gasteiger partial charge in [0.2, 0.25) is 12.7 Å². The lowest BCUT2D eigenvalue weighted by atomic mass is 10.1. The Morgan fingerprint density at radius 2 is 1.93 bits per heavy atom. The van der Waals surface area contributed by atoms with E-state index in [4.69, 9.17) is 25.8 Å². The fraction of sp³-hybridized carbons (Fsp3) is 0.190. The van der Waals surface area contributed by atoms with E-state index in [-0.39, 0.29) is 18.7 Å². The van der Waals surface area contributed by atoms with E-state index in [1.165, 1.54) is 6.08 Å². The van der Waals surface area contributed by atoms with Crippen molar-refractivity contribution in [2.24, 2.45) is 0 Å². The molecule has 2 heterocycles. The Hall–Kier alpha value is -2.92. The number of fused-ring (bicyclic) bond motifs is 2. The molecule has 0 fully saturated rings. The van der Waals surface area contributed by atoms with E-state index in [2.05, 4.69) is 5.32 Å². The summed E-state index contributed by atoms with van der Waals surface area (Å²) < 4.78 is 16.4. The molecule has 5 nitrogen and oxygen atoms in total. The first-order valence-corrected chi connectivity index (χ1v) is 8.97. The fourth-order valence-electron chi connectivity index (χ4n) is 2.97. The van der Waals surface area contributed by atoms with Gasteiger partial charge in [-0.25, -0.2) is 0 Å². The molecule has 0 aliphatic carbocycles. The molecule has 1 unspecified atom stereocenters. The first kappa shape index (κ1) is 17.5. The van der Waals surface area contributed by atoms with Crippen LogP contribution in [0.4, 0.5) is 0 Å². The van der Waals surface area contributed by atoms with Gasteiger partial charge < -0.3 is 19.5 Å². The minimum absolute atomic E-state index is 0.159. The zero-order chi connectivity index (χ0) is 18.8. The Balaban J connectivity index is 1.40. The highest BCUT2D eigenvalue weighted by Crippen LogP contribution is 2.34. The van der Waals surface area contributed by atoms with Crippen LogP contribution in [-0.4, -0.2) is 19.3 Å². The molecule has 138 valence electrons. The SMILES string of the molecule is CC(NC(=O)/C=C/C1=Cc2cc(Cl)ccc2OC1)c1ccc2c(c1)OCO2. The van der Waals surface area contributed by atoms with Gasteiger partial charge in [-0.2, -0.15) is 0 Å². The summed E-state index contributed by atoms with van der Waals surface area (Å²) in [6.45, 7) is 2.56. The van der Waals surface area contributed by atoms with Crippen LogP contribution in [0.25, 0.3) is 6.08 Å². The largest absolute Gasteiger partial charge is 0.488 e. The molecule has 0 spiro atoms. The maximum atomic E-state index is 12.3. The van der Waals surface area contributed by atoms with Crippen molar-refractivity contribution in [3.8, 4) is 17.2 Å². The van der Waals surface area contributed by atoms with Crippen molar-refractivity contribution in [3.05, 3.63) is 70.3 Å². The van der Waals surface area contributed by atoms with Gasteiger partial charge in [0.05, 0.1) is 6.04 Å². The molecule has 27 heavy (non-hydrogen) atoms. The lowest BCUT2D eigenvalue weighted by Crippen LogP contribution is -2.24. The summed E-state index contributed by atoms with van der Waals surface area (Å²) in [5, 5.41) is 3.59. The average Bonchev–Trinajstić information content (AvgIpc) is 3.13. The van der Waals surface area contributed by atoms with Crippen LogP contribution in [0.2, 0.25) is 5.02 Å². The van der Waals surface area contributed by atoms with E-state index >= 15 is 0 Å². The fourth-order valence-corrected chi connectivity index (χ4v) is 3.15. The monoisotopic (exact) mass is 383 g/mol. The zero-order valence-electron chi connectivity index (χ0n) is 14.7. The molecule has 1 N–H and O–H groups in total. The summed E-state index contributed by atoms with van der Waals surface area (Å²) in [6.07, 6.45) is 5.23. The molecule has 0 saturated heterocycles. The maximum absolute atomic E-state index is 12.3. The van der Waals surface area contributed by atoms with Gasteiger partial charge in [0.1, 0.15) is 12.4 Å². The van der Waals surface area contributed by atoms with Gasteiger partial charge >= 0.3 is 0 Å². The molecule has 4 rings (SSSR count). The van der Waals surface area contributed by atoms with Crippen LogP contribution in [0.3, 0.4) is 0 Å². The van der Waals surface area contributed by atoms with Crippen LogP contribution in [0.1, 0.15) is 24.1 Å². The second kappa shape index (κ2) is 7.37. The van der Waals surface area contributed by atoms with Crippen molar-refractivity contribution in [3.63, 3.8) is 0 Å². The van der Waals surface area contributed by atoms with Gasteiger partial charge in [-0.1, -0.05) is 23.7 Å². The Morgan fingerprint density at radius 3 is 2.81 bits per heavy atom. The van der Waals surface area contributed by atoms with Crippen LogP contribution in [0.15, 0.2) is 54.1 Å². The van der Waals surface area contributed by atoms with Crippen molar-refractivity contribution in [2.75, 3.05) is 13.4 Å². The number of hydrogen-bond acceptors (Lipinski definition) is 4. The van der Waals surface area contributed by atoms with Crippen LogP contribution < -0.4 is 19.5 Å². The number of halogens is 1. The summed E-state index contributed by atoms with van der Waals surface area (Å²) in [7, 11) is 0. The standard InChI is InChI=1S/C21H18ClNO4/c1-13(15-3-5-19-20(10-15)27-12-26-19)23-21(24)7-2-14-8-16-9-17(22)4-6-18(16)25-11-14/h2-10,13H,11-12H2,1H3,(H,23,24)/b7-2+. The molecule has 6 heteroatoms. The highest BCUT2D eigenvalue weighted by atomic mass is 35.5. The van der Waals surface area contributed by atoms with E-state index < -0.39 is 0 Å². The highest BCUT2D eigenvalue weighted by Gasteiger charge is 2.16. The summed E-state index contributed by atoms with van der Waals surface area (Å²) in [5.74, 6) is 2.03. The van der Waals surface area contributed by atoms with Gasteiger partial charge in [-0.15, -0.1) is 0 Å². The molecular formula is C21H18ClNO4. The molecular weight excluding hydrogens is 366 g/mol. The van der Waals surface area contributed by atoms with Gasteiger partial charge in [0.25, 0.3) is 0 Å². The molecule has 0 bridgehead atoms. The summed E-state index contributed by atoms with van der Waals surface area (Å²) in [6, 6.07) is 11.0. The van der Waals surface area contributed by atoms with Gasteiger partial charge in [-0.3, -0.25) is 4.79 Å². The Morgan fingerprint density at radius 1 is 1.11 bits per heavy atom. The molecule has 2 aliphatic rings. The third kappa shape index (κ3) is 3.93. The van der Waals surface area contributed by atoms with E-state index in [1.54, 1.807) is 12.1 Å². The molecule has 1 amide bonds. The minimum atomic E-state index is -0.182. The van der Waals surface area contributed by atoms with Gasteiger partial charge in [0, 0.05) is 16.7 Å². The normalized spacial score (nSPS) is 15.7. The third-order valence-corrected chi connectivity index (χ3v) is 4.65. The topological polar surface area (TPSA) is 56.8 Å². The van der Waals surface area contributed by atoms with E-state index in [1.807, 2.05) is 43.3 Å². The first-order chi connectivity index (χ1) is 13.1. The first-order valence-electron chi connectivity index (χ1n) is 8.59. The number of hydrogen-bond donors (Lipinski definition) is 1. The number of amides is 1. The van der Waals surface area contributed by atoms with Crippen molar-refractivity contribution >= 4 is 23.6 Å². The quantitative estimate of drug-likeness (QED) is 0.801. The number of ether oxygens (including phenoxy) is 3. The van der Waals surface area contributed by atoms with Gasteiger partial charge in [0.15, 0.2) is 11.5 Å². The van der Waals surface area contributed by atoms with E-state index in [9.17, 15) is 4.79 Å². The highest BCUT2D eigenvalue weighted by molar-refractivity contribution is 6.30. The zero-order valence-corrected chi connectivity index (χ0v) is 15.5. The lowest BCUT2D eigenvalue weighted by molar-refractivity contribution is -0.117. The second-order valence-corrected chi connectivity index (χ2v) is 6.80. The number of nitrogens with one attached hydrogen (secondary N) is 1. The summed E-state index contributed by atoms with van der Waals surface area (Å²) in [5.41, 5.74) is 2.75. The van der Waals surface area contributed by atoms with E-state index in [0.29, 0.717) is 17.4 Å². The Bertz CT molecular complexity index is 951. The second-order valence-electron chi connectivity index (χ2n) is 6.37. The van der Waals surface area contributed by atoms with Crippen molar-refractivity contribution in [1.82, 2.24) is 5.32 Å². The molecule has 0 radical (unpaired) electrons. The van der Waals surface area contributed by atoms with Crippen LogP contribution in [0, 0.1) is 0 Å². The number of rotatable bonds is 4. The molecule has 1 atom stereocenters. The van der Waals surface area contributed by atoms with Crippen LogP contribution in [0.5, 0.6) is 17.2 Å². The van der Waals surface area contributed by atoms with Crippen molar-refractivity contribution in [1.29, 1.82) is 0 Å². The van der Waals surface area contributed by atoms with Gasteiger partial charge in [-0.05, 0) is 54.5 Å². The predicted molar refractivity (Wildman–Crippen MR) is 103 cm³/mol. The summed E-state index contributed by atoms with van der Waals surface area (Å²) >= 11 is 6.02. The maximum Gasteiger partial charge on any atom is 0.244 e. The molecule has 0 saturated carbocycles. The number of carbonyl (C=O) groups excluding carboxylic acids is 1. The minimum Gasteiger partial charge on any atom is -0.488 e. The summed E-state index contributed by atoms with van der Waals surface area (Å²) in [4.78, 5) is 12.3. The van der Waals surface area contributed by atoms with Crippen molar-refractivity contribution in [2.45, 2.75) is 13.0 Å². The smallest absolute Gasteiger partial charge is 0.244 e. The van der Waals surface area contributed by atoms with Crippen molar-refractivity contribution < 1.29 is 19.0 Å². The van der Waals surface area contributed by atoms with E-state index in [0.717, 1.165) is 28.2 Å². The molecule has 2 aromatic rings. The third-order valence-electron chi connectivity index (χ3n) is 4.41. The predicted octanol–water partition coefficient (Wildman–Crippen LogP) is 4.28. The average molecular weight is 384 g/mol. The lowest BCUT2D eigenvalue weighted by Gasteiger charge is -2.16.